The van der Waals surface area contributed by atoms with Gasteiger partial charge in [-0.25, -0.2) is 4.79 Å². The Morgan fingerprint density at radius 2 is 1.79 bits per heavy atom. The predicted octanol–water partition coefficient (Wildman–Crippen LogP) is 4.01. The Hall–Kier alpha value is -3.68. The summed E-state index contributed by atoms with van der Waals surface area (Å²) in [6.45, 7) is 3.48. The lowest BCUT2D eigenvalue weighted by Crippen LogP contribution is -2.24. The zero-order valence-electron chi connectivity index (χ0n) is 20.3. The zero-order chi connectivity index (χ0) is 24.7. The lowest BCUT2D eigenvalue weighted by molar-refractivity contribution is -0.139. The normalized spacial score (nSPS) is 13.5. The van der Waals surface area contributed by atoms with Crippen LogP contribution in [0.3, 0.4) is 0 Å². The molecule has 0 radical (unpaired) electrons. The minimum atomic E-state index is -0.348. The second kappa shape index (κ2) is 11.4. The molecule has 0 aliphatic carbocycles. The molecular formula is C26H31NO7. The summed E-state index contributed by atoms with van der Waals surface area (Å²) in [6, 6.07) is 9.68. The van der Waals surface area contributed by atoms with E-state index in [-0.39, 0.29) is 18.5 Å². The van der Waals surface area contributed by atoms with E-state index in [1.165, 1.54) is 7.11 Å². The molecule has 0 saturated carbocycles. The molecule has 1 aliphatic heterocycles. The quantitative estimate of drug-likeness (QED) is 0.486. The van der Waals surface area contributed by atoms with Crippen LogP contribution in [0.1, 0.15) is 28.7 Å². The third-order valence-corrected chi connectivity index (χ3v) is 5.72. The Labute approximate surface area is 200 Å². The number of ether oxygens (including phenoxy) is 5. The van der Waals surface area contributed by atoms with Crippen LogP contribution in [0.15, 0.2) is 36.4 Å². The van der Waals surface area contributed by atoms with Crippen molar-refractivity contribution in [2.75, 3.05) is 48.1 Å². The molecule has 1 saturated heterocycles. The van der Waals surface area contributed by atoms with Crippen LogP contribution in [-0.2, 0) is 20.7 Å². The number of methoxy groups -OCH3 is 4. The highest BCUT2D eigenvalue weighted by Crippen LogP contribution is 2.36. The van der Waals surface area contributed by atoms with E-state index in [4.69, 9.17) is 23.7 Å². The van der Waals surface area contributed by atoms with Crippen molar-refractivity contribution >= 4 is 17.6 Å². The molecule has 182 valence electrons. The van der Waals surface area contributed by atoms with Gasteiger partial charge in [0.15, 0.2) is 11.5 Å². The van der Waals surface area contributed by atoms with Gasteiger partial charge in [0.25, 0.3) is 0 Å². The first-order chi connectivity index (χ1) is 16.4. The van der Waals surface area contributed by atoms with E-state index in [2.05, 4.69) is 6.08 Å². The number of carbonyl (C=O) groups is 2. The standard InChI is InChI=1S/C26H31NO7/c1-17-13-19(14-20(25(17)33-5)16-24(28)32-4)21(7-6-10-27-11-12-34-26(27)29)18-8-9-22(30-2)23(15-18)31-3/h7-9,13-15H,6,10-12,16H2,1-5H3/b21-7-. The smallest absolute Gasteiger partial charge is 0.409 e. The highest BCUT2D eigenvalue weighted by Gasteiger charge is 2.21. The van der Waals surface area contributed by atoms with Gasteiger partial charge in [0.1, 0.15) is 12.4 Å². The highest BCUT2D eigenvalue weighted by molar-refractivity contribution is 5.83. The average Bonchev–Trinajstić information content (AvgIpc) is 3.25. The van der Waals surface area contributed by atoms with Gasteiger partial charge in [-0.1, -0.05) is 12.1 Å². The van der Waals surface area contributed by atoms with Crippen LogP contribution in [0.4, 0.5) is 4.79 Å². The van der Waals surface area contributed by atoms with Crippen molar-refractivity contribution in [2.24, 2.45) is 0 Å². The number of esters is 1. The molecule has 34 heavy (non-hydrogen) atoms. The Morgan fingerprint density at radius 1 is 1.03 bits per heavy atom. The molecule has 8 heteroatoms. The van der Waals surface area contributed by atoms with Crippen LogP contribution in [0.5, 0.6) is 17.2 Å². The number of nitrogens with zero attached hydrogens (tertiary/aromatic N) is 1. The third-order valence-electron chi connectivity index (χ3n) is 5.72. The molecule has 0 bridgehead atoms. The summed E-state index contributed by atoms with van der Waals surface area (Å²) in [5.74, 6) is 1.54. The molecule has 2 aromatic rings. The molecule has 0 unspecified atom stereocenters. The van der Waals surface area contributed by atoms with Gasteiger partial charge in [0, 0.05) is 12.1 Å². The van der Waals surface area contributed by atoms with Gasteiger partial charge in [-0.2, -0.15) is 0 Å². The molecule has 2 aromatic carbocycles. The van der Waals surface area contributed by atoms with E-state index < -0.39 is 0 Å². The second-order valence-electron chi connectivity index (χ2n) is 7.82. The van der Waals surface area contributed by atoms with Gasteiger partial charge in [-0.15, -0.1) is 0 Å². The molecular weight excluding hydrogens is 438 g/mol. The highest BCUT2D eigenvalue weighted by atomic mass is 16.6. The van der Waals surface area contributed by atoms with E-state index in [0.29, 0.717) is 43.4 Å². The molecule has 0 atom stereocenters. The van der Waals surface area contributed by atoms with Crippen LogP contribution >= 0.6 is 0 Å². The van der Waals surface area contributed by atoms with Crippen molar-refractivity contribution in [1.82, 2.24) is 4.90 Å². The maximum Gasteiger partial charge on any atom is 0.409 e. The summed E-state index contributed by atoms with van der Waals surface area (Å²) in [6.07, 6.45) is 2.50. The van der Waals surface area contributed by atoms with Crippen LogP contribution in [-0.4, -0.2) is 65.1 Å². The van der Waals surface area contributed by atoms with Gasteiger partial charge in [0.05, 0.1) is 41.4 Å². The topological polar surface area (TPSA) is 83.5 Å². The molecule has 1 fully saturated rings. The number of hydrogen-bond donors (Lipinski definition) is 0. The maximum atomic E-state index is 12.0. The molecule has 1 heterocycles. The molecule has 0 aromatic heterocycles. The van der Waals surface area contributed by atoms with E-state index in [1.807, 2.05) is 37.3 Å². The predicted molar refractivity (Wildman–Crippen MR) is 128 cm³/mol. The molecule has 1 aliphatic rings. The van der Waals surface area contributed by atoms with E-state index in [0.717, 1.165) is 27.8 Å². The SMILES string of the molecule is COC(=O)Cc1cc(/C(=C\CCN2CCOC2=O)c2ccc(OC)c(OC)c2)cc(C)c1OC. The van der Waals surface area contributed by atoms with Gasteiger partial charge in [-0.05, 0) is 59.9 Å². The molecule has 0 spiro atoms. The van der Waals surface area contributed by atoms with Crippen molar-refractivity contribution in [2.45, 2.75) is 19.8 Å². The Morgan fingerprint density at radius 3 is 2.41 bits per heavy atom. The van der Waals surface area contributed by atoms with E-state index >= 15 is 0 Å². The number of hydrogen-bond acceptors (Lipinski definition) is 7. The Bertz CT molecular complexity index is 1080. The fraction of sp³-hybridized carbons (Fsp3) is 0.385. The average molecular weight is 470 g/mol. The van der Waals surface area contributed by atoms with Gasteiger partial charge < -0.3 is 28.6 Å². The summed E-state index contributed by atoms with van der Waals surface area (Å²) < 4.78 is 26.4. The monoisotopic (exact) mass is 469 g/mol. The fourth-order valence-corrected chi connectivity index (χ4v) is 4.05. The first-order valence-corrected chi connectivity index (χ1v) is 11.0. The number of rotatable bonds is 10. The fourth-order valence-electron chi connectivity index (χ4n) is 4.05. The number of amides is 1. The lowest BCUT2D eigenvalue weighted by atomic mass is 9.92. The minimum Gasteiger partial charge on any atom is -0.496 e. The zero-order valence-corrected chi connectivity index (χ0v) is 20.3. The van der Waals surface area contributed by atoms with Crippen molar-refractivity contribution < 1.29 is 33.3 Å². The van der Waals surface area contributed by atoms with Crippen molar-refractivity contribution in [3.05, 3.63) is 58.7 Å². The van der Waals surface area contributed by atoms with Crippen molar-refractivity contribution in [3.63, 3.8) is 0 Å². The summed E-state index contributed by atoms with van der Waals surface area (Å²) in [4.78, 5) is 25.6. The van der Waals surface area contributed by atoms with Gasteiger partial charge in [0.2, 0.25) is 0 Å². The Kier molecular flexibility index (Phi) is 8.40. The lowest BCUT2D eigenvalue weighted by Gasteiger charge is -2.18. The largest absolute Gasteiger partial charge is 0.496 e. The van der Waals surface area contributed by atoms with Crippen LogP contribution in [0, 0.1) is 6.92 Å². The first kappa shape index (κ1) is 25.0. The van der Waals surface area contributed by atoms with Crippen molar-refractivity contribution in [3.8, 4) is 17.2 Å². The van der Waals surface area contributed by atoms with E-state index in [1.54, 1.807) is 26.2 Å². The van der Waals surface area contributed by atoms with Crippen LogP contribution < -0.4 is 14.2 Å². The number of aryl methyl sites for hydroxylation is 1. The van der Waals surface area contributed by atoms with Gasteiger partial charge >= 0.3 is 12.1 Å². The van der Waals surface area contributed by atoms with E-state index in [9.17, 15) is 9.59 Å². The minimum absolute atomic E-state index is 0.0905. The molecule has 1 amide bonds. The molecule has 3 rings (SSSR count). The first-order valence-electron chi connectivity index (χ1n) is 11.0. The van der Waals surface area contributed by atoms with Gasteiger partial charge in [-0.3, -0.25) is 4.79 Å². The second-order valence-corrected chi connectivity index (χ2v) is 7.82. The molecule has 0 N–H and O–H groups in total. The third kappa shape index (κ3) is 5.62. The summed E-state index contributed by atoms with van der Waals surface area (Å²) in [7, 11) is 6.14. The summed E-state index contributed by atoms with van der Waals surface area (Å²) >= 11 is 0. The Balaban J connectivity index is 2.06. The maximum absolute atomic E-state index is 12.0. The van der Waals surface area contributed by atoms with Crippen molar-refractivity contribution in [1.29, 1.82) is 0 Å². The number of benzene rings is 2. The molecule has 8 nitrogen and oxygen atoms in total. The summed E-state index contributed by atoms with van der Waals surface area (Å²) in [5, 5.41) is 0. The number of cyclic esters (lactones) is 1. The summed E-state index contributed by atoms with van der Waals surface area (Å²) in [5.41, 5.74) is 4.39. The van der Waals surface area contributed by atoms with Crippen LogP contribution in [0.25, 0.3) is 5.57 Å². The number of carbonyl (C=O) groups excluding carboxylic acids is 2. The van der Waals surface area contributed by atoms with Crippen LogP contribution in [0.2, 0.25) is 0 Å².